The Bertz CT molecular complexity index is 233. The molecule has 0 heterocycles. The van der Waals surface area contributed by atoms with Crippen molar-refractivity contribution >= 4 is 19.7 Å². The molecule has 1 saturated carbocycles. The molecule has 12 heavy (non-hydrogen) atoms. The minimum absolute atomic E-state index is 0.0485. The lowest BCUT2D eigenvalue weighted by molar-refractivity contribution is 0.0634. The predicted octanol–water partition coefficient (Wildman–Crippen LogP) is 1.37. The molecule has 0 amide bonds. The minimum atomic E-state index is -3.40. The van der Waals surface area contributed by atoms with Crippen LogP contribution in [0.1, 0.15) is 19.8 Å². The molecule has 0 N–H and O–H groups in total. The third-order valence-electron chi connectivity index (χ3n) is 1.89. The van der Waals surface area contributed by atoms with Crippen molar-refractivity contribution < 1.29 is 13.2 Å². The molecule has 1 fully saturated rings. The quantitative estimate of drug-likeness (QED) is 0.647. The first-order valence-corrected chi connectivity index (χ1v) is 6.54. The van der Waals surface area contributed by atoms with Crippen LogP contribution in [-0.2, 0) is 13.8 Å². The van der Waals surface area contributed by atoms with Gasteiger partial charge in [0.1, 0.15) is 0 Å². The van der Waals surface area contributed by atoms with Crippen molar-refractivity contribution in [3.63, 3.8) is 0 Å². The van der Waals surface area contributed by atoms with Gasteiger partial charge in [-0.3, -0.25) is 0 Å². The molecule has 1 atom stereocenters. The summed E-state index contributed by atoms with van der Waals surface area (Å²) in [6.07, 6.45) is 1.95. The summed E-state index contributed by atoms with van der Waals surface area (Å²) in [5, 5.41) is 0. The Morgan fingerprint density at radius 1 is 1.58 bits per heavy atom. The standard InChI is InChI=1S/C7H13ClO3S/c1-2-11-7(6-3-4-6)5-12(8,9)10/h6-7H,2-5H2,1H3. The van der Waals surface area contributed by atoms with Gasteiger partial charge < -0.3 is 4.74 Å². The second-order valence-electron chi connectivity index (χ2n) is 3.04. The van der Waals surface area contributed by atoms with Gasteiger partial charge in [-0.05, 0) is 25.7 Å². The first-order chi connectivity index (χ1) is 5.53. The van der Waals surface area contributed by atoms with Crippen LogP contribution in [0.15, 0.2) is 0 Å². The van der Waals surface area contributed by atoms with Crippen LogP contribution in [0.5, 0.6) is 0 Å². The smallest absolute Gasteiger partial charge is 0.235 e. The van der Waals surface area contributed by atoms with Crippen molar-refractivity contribution in [1.82, 2.24) is 0 Å². The van der Waals surface area contributed by atoms with Gasteiger partial charge in [-0.2, -0.15) is 0 Å². The lowest BCUT2D eigenvalue weighted by Crippen LogP contribution is -2.23. The van der Waals surface area contributed by atoms with Gasteiger partial charge in [-0.15, -0.1) is 0 Å². The van der Waals surface area contributed by atoms with Crippen molar-refractivity contribution in [2.75, 3.05) is 12.4 Å². The van der Waals surface area contributed by atoms with Crippen molar-refractivity contribution in [2.24, 2.45) is 5.92 Å². The topological polar surface area (TPSA) is 43.4 Å². The van der Waals surface area contributed by atoms with E-state index in [4.69, 9.17) is 15.4 Å². The minimum Gasteiger partial charge on any atom is -0.377 e. The van der Waals surface area contributed by atoms with Gasteiger partial charge in [0.25, 0.3) is 0 Å². The molecule has 3 nitrogen and oxygen atoms in total. The van der Waals surface area contributed by atoms with E-state index in [2.05, 4.69) is 0 Å². The molecule has 1 aliphatic carbocycles. The fourth-order valence-electron chi connectivity index (χ4n) is 1.20. The molecule has 1 unspecified atom stereocenters. The Balaban J connectivity index is 2.43. The van der Waals surface area contributed by atoms with Crippen molar-refractivity contribution in [1.29, 1.82) is 0 Å². The van der Waals surface area contributed by atoms with Crippen molar-refractivity contribution in [3.8, 4) is 0 Å². The van der Waals surface area contributed by atoms with E-state index in [0.717, 1.165) is 12.8 Å². The molecule has 0 aromatic carbocycles. The molecular weight excluding hydrogens is 200 g/mol. The number of halogens is 1. The van der Waals surface area contributed by atoms with Crippen LogP contribution in [-0.4, -0.2) is 26.9 Å². The number of rotatable bonds is 5. The molecule has 72 valence electrons. The average Bonchev–Trinajstić information content (AvgIpc) is 2.63. The fourth-order valence-corrected chi connectivity index (χ4v) is 2.33. The average molecular weight is 213 g/mol. The molecule has 0 bridgehead atoms. The fraction of sp³-hybridized carbons (Fsp3) is 1.00. The van der Waals surface area contributed by atoms with Crippen LogP contribution in [0.4, 0.5) is 0 Å². The predicted molar refractivity (Wildman–Crippen MR) is 47.8 cm³/mol. The third kappa shape index (κ3) is 3.74. The summed E-state index contributed by atoms with van der Waals surface area (Å²) in [5.74, 6) is 0.367. The molecule has 0 spiro atoms. The maximum atomic E-state index is 10.7. The normalized spacial score (nSPS) is 20.8. The monoisotopic (exact) mass is 212 g/mol. The van der Waals surface area contributed by atoms with Gasteiger partial charge >= 0.3 is 0 Å². The number of hydrogen-bond acceptors (Lipinski definition) is 3. The highest BCUT2D eigenvalue weighted by Gasteiger charge is 2.34. The van der Waals surface area contributed by atoms with E-state index in [-0.39, 0.29) is 11.9 Å². The van der Waals surface area contributed by atoms with Gasteiger partial charge in [0.05, 0.1) is 11.9 Å². The first-order valence-electron chi connectivity index (χ1n) is 4.07. The highest BCUT2D eigenvalue weighted by atomic mass is 35.7. The third-order valence-corrected chi connectivity index (χ3v) is 3.00. The number of hydrogen-bond donors (Lipinski definition) is 0. The summed E-state index contributed by atoms with van der Waals surface area (Å²) in [4.78, 5) is 0. The maximum Gasteiger partial charge on any atom is 0.235 e. The Morgan fingerprint density at radius 2 is 2.17 bits per heavy atom. The molecule has 1 rings (SSSR count). The Morgan fingerprint density at radius 3 is 2.50 bits per heavy atom. The Hall–Kier alpha value is 0.200. The van der Waals surface area contributed by atoms with Gasteiger partial charge in [0, 0.05) is 17.3 Å². The second-order valence-corrected chi connectivity index (χ2v) is 5.86. The molecule has 0 saturated heterocycles. The van der Waals surface area contributed by atoms with E-state index < -0.39 is 9.05 Å². The number of ether oxygens (including phenoxy) is 1. The lowest BCUT2D eigenvalue weighted by Gasteiger charge is -2.13. The highest BCUT2D eigenvalue weighted by Crippen LogP contribution is 2.35. The summed E-state index contributed by atoms with van der Waals surface area (Å²) in [7, 11) is 1.72. The summed E-state index contributed by atoms with van der Waals surface area (Å²) in [5.41, 5.74) is 0. The van der Waals surface area contributed by atoms with Gasteiger partial charge in [-0.25, -0.2) is 8.42 Å². The molecule has 5 heteroatoms. The largest absolute Gasteiger partial charge is 0.377 e. The van der Waals surface area contributed by atoms with E-state index in [1.54, 1.807) is 0 Å². The van der Waals surface area contributed by atoms with Crippen molar-refractivity contribution in [2.45, 2.75) is 25.9 Å². The van der Waals surface area contributed by atoms with Gasteiger partial charge in [0.2, 0.25) is 9.05 Å². The van der Waals surface area contributed by atoms with Crippen LogP contribution >= 0.6 is 10.7 Å². The van der Waals surface area contributed by atoms with E-state index in [1.165, 1.54) is 0 Å². The molecule has 0 aliphatic heterocycles. The van der Waals surface area contributed by atoms with E-state index in [1.807, 2.05) is 6.92 Å². The molecule has 1 aliphatic rings. The van der Waals surface area contributed by atoms with E-state index in [9.17, 15) is 8.42 Å². The van der Waals surface area contributed by atoms with E-state index >= 15 is 0 Å². The SMILES string of the molecule is CCOC(CS(=O)(=O)Cl)C1CC1. The summed E-state index contributed by atoms with van der Waals surface area (Å²) in [6.45, 7) is 2.41. The molecule has 0 aromatic heterocycles. The van der Waals surface area contributed by atoms with Crippen LogP contribution in [0.2, 0.25) is 0 Å². The second kappa shape index (κ2) is 3.94. The van der Waals surface area contributed by atoms with Crippen LogP contribution in [0.25, 0.3) is 0 Å². The van der Waals surface area contributed by atoms with E-state index in [0.29, 0.717) is 12.5 Å². The molecule has 0 aromatic rings. The van der Waals surface area contributed by atoms with Gasteiger partial charge in [-0.1, -0.05) is 0 Å². The summed E-state index contributed by atoms with van der Waals surface area (Å²) < 4.78 is 26.7. The molecular formula is C7H13ClO3S. The van der Waals surface area contributed by atoms with Crippen LogP contribution < -0.4 is 0 Å². The summed E-state index contributed by atoms with van der Waals surface area (Å²) in [6, 6.07) is 0. The van der Waals surface area contributed by atoms with Crippen LogP contribution in [0.3, 0.4) is 0 Å². The zero-order chi connectivity index (χ0) is 9.19. The Kier molecular flexibility index (Phi) is 3.37. The zero-order valence-corrected chi connectivity index (χ0v) is 8.57. The summed E-state index contributed by atoms with van der Waals surface area (Å²) >= 11 is 0. The lowest BCUT2D eigenvalue weighted by atomic mass is 10.3. The maximum absolute atomic E-state index is 10.7. The Labute approximate surface area is 77.5 Å². The molecule has 0 radical (unpaired) electrons. The highest BCUT2D eigenvalue weighted by molar-refractivity contribution is 8.13. The zero-order valence-electron chi connectivity index (χ0n) is 6.99. The van der Waals surface area contributed by atoms with Gasteiger partial charge in [0.15, 0.2) is 0 Å². The van der Waals surface area contributed by atoms with Crippen molar-refractivity contribution in [3.05, 3.63) is 0 Å². The first kappa shape index (κ1) is 10.3. The van der Waals surface area contributed by atoms with Crippen LogP contribution in [0, 0.1) is 5.92 Å².